The molecule has 0 aliphatic heterocycles. The maximum atomic E-state index is 12.2. The summed E-state index contributed by atoms with van der Waals surface area (Å²) in [5, 5.41) is 14.0. The standard InChI is InChI=1S/C19H16N2O3S2/c1-26(2,24)21-12-5-3-11(4-6-12)16-15(22)8-7-14-17(16)13-9-10-25-18(13)19(23)20-14/h3-10,22H,1H2,2H3,(H,20,23)(H,21,24). The number of rotatable bonds is 3. The average Bonchev–Trinajstić information content (AvgIpc) is 3.05. The molecule has 3 N–H and O–H groups in total. The van der Waals surface area contributed by atoms with Gasteiger partial charge in [0.1, 0.15) is 10.4 Å². The molecule has 2 aromatic carbocycles. The van der Waals surface area contributed by atoms with Crippen LogP contribution in [-0.4, -0.2) is 26.4 Å². The van der Waals surface area contributed by atoms with Gasteiger partial charge in [0, 0.05) is 43.5 Å². The van der Waals surface area contributed by atoms with Gasteiger partial charge in [-0.05, 0) is 47.1 Å². The van der Waals surface area contributed by atoms with E-state index in [0.29, 0.717) is 21.5 Å². The SMILES string of the molecule is C=S(C)(=O)Nc1ccc(-c2c(O)ccc3[nH]c(=O)c4sccc4c23)cc1. The van der Waals surface area contributed by atoms with Crippen LogP contribution in [0.2, 0.25) is 0 Å². The number of anilines is 1. The van der Waals surface area contributed by atoms with Crippen LogP contribution in [0, 0.1) is 0 Å². The number of hydrogen-bond acceptors (Lipinski definition) is 4. The van der Waals surface area contributed by atoms with E-state index in [9.17, 15) is 14.1 Å². The highest BCUT2D eigenvalue weighted by Crippen LogP contribution is 2.39. The number of aromatic hydroxyl groups is 1. The quantitative estimate of drug-likeness (QED) is 0.470. The number of pyridine rings is 1. The van der Waals surface area contributed by atoms with Crippen molar-refractivity contribution < 1.29 is 9.32 Å². The zero-order chi connectivity index (χ0) is 18.5. The van der Waals surface area contributed by atoms with E-state index in [2.05, 4.69) is 15.6 Å². The third kappa shape index (κ3) is 2.85. The lowest BCUT2D eigenvalue weighted by Crippen LogP contribution is -2.08. The summed E-state index contributed by atoms with van der Waals surface area (Å²) in [6.07, 6.45) is 1.53. The first kappa shape index (κ1) is 16.7. The number of hydrogen-bond donors (Lipinski definition) is 3. The predicted molar refractivity (Wildman–Crippen MR) is 112 cm³/mol. The molecule has 0 aliphatic carbocycles. The van der Waals surface area contributed by atoms with Gasteiger partial charge in [-0.15, -0.1) is 11.3 Å². The fraction of sp³-hybridized carbons (Fsp3) is 0.0526. The molecular formula is C19H16N2O3S2. The summed E-state index contributed by atoms with van der Waals surface area (Å²) in [4.78, 5) is 15.1. The van der Waals surface area contributed by atoms with Gasteiger partial charge in [0.2, 0.25) is 0 Å². The molecule has 0 amide bonds. The summed E-state index contributed by atoms with van der Waals surface area (Å²) >= 11 is 1.37. The number of phenols is 1. The minimum Gasteiger partial charge on any atom is -0.507 e. The number of aromatic amines is 1. The molecule has 0 spiro atoms. The summed E-state index contributed by atoms with van der Waals surface area (Å²) in [7, 11) is -2.36. The Morgan fingerprint density at radius 1 is 1.15 bits per heavy atom. The third-order valence-electron chi connectivity index (χ3n) is 4.08. The van der Waals surface area contributed by atoms with Crippen LogP contribution in [0.5, 0.6) is 5.75 Å². The predicted octanol–water partition coefficient (Wildman–Crippen LogP) is 3.79. The molecule has 5 nitrogen and oxygen atoms in total. The lowest BCUT2D eigenvalue weighted by molar-refractivity contribution is 0.478. The van der Waals surface area contributed by atoms with Gasteiger partial charge in [0.25, 0.3) is 5.56 Å². The highest BCUT2D eigenvalue weighted by atomic mass is 32.2. The minimum absolute atomic E-state index is 0.133. The zero-order valence-corrected chi connectivity index (χ0v) is 15.5. The smallest absolute Gasteiger partial charge is 0.266 e. The first-order valence-electron chi connectivity index (χ1n) is 7.79. The van der Waals surface area contributed by atoms with Crippen LogP contribution in [0.1, 0.15) is 0 Å². The molecule has 4 rings (SSSR count). The summed E-state index contributed by atoms with van der Waals surface area (Å²) < 4.78 is 15.3. The van der Waals surface area contributed by atoms with E-state index in [1.54, 1.807) is 24.3 Å². The summed E-state index contributed by atoms with van der Waals surface area (Å²) in [5.41, 5.74) is 2.67. The van der Waals surface area contributed by atoms with Crippen LogP contribution in [-0.2, 0) is 9.71 Å². The molecule has 7 heteroatoms. The fourth-order valence-electron chi connectivity index (χ4n) is 3.08. The average molecular weight is 384 g/mol. The van der Waals surface area contributed by atoms with E-state index >= 15 is 0 Å². The van der Waals surface area contributed by atoms with Crippen molar-refractivity contribution >= 4 is 53.6 Å². The number of aromatic nitrogens is 1. The van der Waals surface area contributed by atoms with Crippen molar-refractivity contribution in [1.29, 1.82) is 0 Å². The van der Waals surface area contributed by atoms with E-state index in [-0.39, 0.29) is 11.3 Å². The Bertz CT molecular complexity index is 1300. The van der Waals surface area contributed by atoms with E-state index in [1.165, 1.54) is 17.6 Å². The normalized spacial score (nSPS) is 13.7. The highest BCUT2D eigenvalue weighted by molar-refractivity contribution is 8.00. The Hall–Kier alpha value is -2.77. The van der Waals surface area contributed by atoms with Gasteiger partial charge >= 0.3 is 0 Å². The summed E-state index contributed by atoms with van der Waals surface area (Å²) in [5.74, 6) is 3.72. The Morgan fingerprint density at radius 3 is 2.58 bits per heavy atom. The van der Waals surface area contributed by atoms with Crippen molar-refractivity contribution in [2.45, 2.75) is 0 Å². The Labute approximate surface area is 154 Å². The van der Waals surface area contributed by atoms with Gasteiger partial charge in [-0.3, -0.25) is 4.79 Å². The van der Waals surface area contributed by atoms with Crippen LogP contribution in [0.15, 0.2) is 52.6 Å². The van der Waals surface area contributed by atoms with Gasteiger partial charge in [0.05, 0.1) is 0 Å². The number of benzene rings is 2. The van der Waals surface area contributed by atoms with E-state index in [0.717, 1.165) is 16.3 Å². The fourth-order valence-corrected chi connectivity index (χ4v) is 4.51. The van der Waals surface area contributed by atoms with Crippen LogP contribution in [0.25, 0.3) is 32.1 Å². The van der Waals surface area contributed by atoms with Crippen molar-refractivity contribution in [3.05, 3.63) is 58.2 Å². The molecule has 0 saturated carbocycles. The van der Waals surface area contributed by atoms with Gasteiger partial charge in [-0.1, -0.05) is 12.1 Å². The number of H-pyrrole nitrogens is 1. The Balaban J connectivity index is 1.98. The molecule has 0 aliphatic rings. The second-order valence-corrected chi connectivity index (χ2v) is 9.31. The molecule has 0 bridgehead atoms. The molecule has 4 aromatic rings. The van der Waals surface area contributed by atoms with Crippen LogP contribution in [0.3, 0.4) is 0 Å². The lowest BCUT2D eigenvalue weighted by atomic mass is 9.97. The molecule has 0 saturated heterocycles. The molecule has 0 fully saturated rings. The molecule has 2 aromatic heterocycles. The first-order valence-corrected chi connectivity index (χ1v) is 10.8. The number of thiophene rings is 1. The minimum atomic E-state index is -2.36. The molecular weight excluding hydrogens is 368 g/mol. The summed E-state index contributed by atoms with van der Waals surface area (Å²) in [6, 6.07) is 12.4. The molecule has 2 heterocycles. The van der Waals surface area contributed by atoms with E-state index in [1.807, 2.05) is 23.6 Å². The third-order valence-corrected chi connectivity index (χ3v) is 5.66. The van der Waals surface area contributed by atoms with Gasteiger partial charge in [-0.2, -0.15) is 0 Å². The maximum absolute atomic E-state index is 12.2. The van der Waals surface area contributed by atoms with Crippen LogP contribution < -0.4 is 10.3 Å². The second kappa shape index (κ2) is 5.89. The number of fused-ring (bicyclic) bond motifs is 3. The monoisotopic (exact) mass is 384 g/mol. The van der Waals surface area contributed by atoms with Crippen molar-refractivity contribution in [3.8, 4) is 16.9 Å². The van der Waals surface area contributed by atoms with Gasteiger partial charge < -0.3 is 14.8 Å². The second-order valence-electron chi connectivity index (χ2n) is 6.18. The molecule has 1 unspecified atom stereocenters. The molecule has 0 radical (unpaired) electrons. The zero-order valence-electron chi connectivity index (χ0n) is 13.9. The van der Waals surface area contributed by atoms with Crippen molar-refractivity contribution in [3.63, 3.8) is 0 Å². The van der Waals surface area contributed by atoms with E-state index in [4.69, 9.17) is 0 Å². The van der Waals surface area contributed by atoms with Crippen molar-refractivity contribution in [2.75, 3.05) is 11.0 Å². The maximum Gasteiger partial charge on any atom is 0.266 e. The number of nitrogens with one attached hydrogen (secondary N) is 2. The van der Waals surface area contributed by atoms with E-state index < -0.39 is 9.71 Å². The lowest BCUT2D eigenvalue weighted by Gasteiger charge is -2.12. The van der Waals surface area contributed by atoms with Crippen molar-refractivity contribution in [1.82, 2.24) is 4.98 Å². The van der Waals surface area contributed by atoms with Gasteiger partial charge in [0.15, 0.2) is 0 Å². The molecule has 132 valence electrons. The van der Waals surface area contributed by atoms with Crippen LogP contribution in [0.4, 0.5) is 5.69 Å². The topological polar surface area (TPSA) is 82.2 Å². The Kier molecular flexibility index (Phi) is 3.78. The van der Waals surface area contributed by atoms with Gasteiger partial charge in [-0.25, -0.2) is 4.21 Å². The van der Waals surface area contributed by atoms with Crippen LogP contribution >= 0.6 is 11.3 Å². The largest absolute Gasteiger partial charge is 0.507 e. The number of phenolic OH excluding ortho intramolecular Hbond substituents is 1. The highest BCUT2D eigenvalue weighted by Gasteiger charge is 2.15. The Morgan fingerprint density at radius 2 is 1.88 bits per heavy atom. The first-order chi connectivity index (χ1) is 12.3. The molecule has 26 heavy (non-hydrogen) atoms. The molecule has 1 atom stereocenters. The van der Waals surface area contributed by atoms with Crippen molar-refractivity contribution in [2.24, 2.45) is 0 Å². The summed E-state index contributed by atoms with van der Waals surface area (Å²) in [6.45, 7) is 0.